The molecule has 7 aromatic carbocycles. The second kappa shape index (κ2) is 41.1. The smallest absolute Gasteiger partial charge is 0.334 e. The number of rotatable bonds is 26. The summed E-state index contributed by atoms with van der Waals surface area (Å²) in [5, 5.41) is 156. The number of benzene rings is 7. The zero-order chi connectivity index (χ0) is 94.6. The second-order valence-electron chi connectivity index (χ2n) is 33.3. The number of phenols is 3. The maximum atomic E-state index is 16.5. The Hall–Kier alpha value is -11.2. The van der Waals surface area contributed by atoms with Crippen LogP contribution in [0.3, 0.4) is 0 Å². The first-order chi connectivity index (χ1) is 61.4. The van der Waals surface area contributed by atoms with E-state index >= 15 is 24.0 Å². The molecule has 39 nitrogen and oxygen atoms in total. The van der Waals surface area contributed by atoms with E-state index in [1.807, 2.05) is 24.3 Å². The van der Waals surface area contributed by atoms with E-state index in [0.717, 1.165) is 83.9 Å². The Morgan fingerprint density at radius 1 is 0.700 bits per heavy atom. The lowest BCUT2D eigenvalue weighted by molar-refractivity contribution is -0.334. The fourth-order valence-electron chi connectivity index (χ4n) is 15.9. The zero-order valence-electron chi connectivity index (χ0n) is 70.6. The van der Waals surface area contributed by atoms with Gasteiger partial charge < -0.3 is 154 Å². The van der Waals surface area contributed by atoms with E-state index in [9.17, 15) is 80.5 Å². The summed E-state index contributed by atoms with van der Waals surface area (Å²) in [4.78, 5) is 133. The molecule has 22 atom stereocenters. The summed E-state index contributed by atoms with van der Waals surface area (Å²) in [6.45, 7) is 7.69. The van der Waals surface area contributed by atoms with Crippen LogP contribution in [0.25, 0.3) is 22.3 Å². The van der Waals surface area contributed by atoms with Crippen molar-refractivity contribution in [3.8, 4) is 68.2 Å². The molecule has 7 aliphatic heterocycles. The normalized spacial score (nSPS) is 26.7. The fraction of sp³-hybridized carbons (Fsp3) is 0.420. The number of carboxylic acids is 2. The van der Waals surface area contributed by atoms with Crippen molar-refractivity contribution in [2.75, 3.05) is 13.2 Å². The molecule has 7 aliphatic rings. The van der Waals surface area contributed by atoms with Crippen molar-refractivity contribution in [2.45, 2.75) is 214 Å². The van der Waals surface area contributed by atoms with Gasteiger partial charge in [-0.3, -0.25) is 33.6 Å². The number of aliphatic hydroxyl groups excluding tert-OH is 7. The molecule has 130 heavy (non-hydrogen) atoms. The number of amides is 7. The molecular weight excluding hydrogens is 1770 g/mol. The van der Waals surface area contributed by atoms with E-state index in [1.165, 1.54) is 26.8 Å². The number of carboxylic acid groups (broad SMARTS) is 2. The molecule has 7 amide bonds. The van der Waals surface area contributed by atoms with Crippen molar-refractivity contribution in [1.29, 1.82) is 0 Å². The molecule has 2 saturated heterocycles. The lowest BCUT2D eigenvalue weighted by atomic mass is 9.84. The number of aliphatic carboxylic acids is 2. The van der Waals surface area contributed by atoms with Crippen LogP contribution in [0.4, 0.5) is 0 Å². The van der Waals surface area contributed by atoms with Crippen molar-refractivity contribution < 1.29 is 142 Å². The third kappa shape index (κ3) is 22.4. The summed E-state index contributed by atoms with van der Waals surface area (Å²) in [6, 6.07) is 12.2. The number of halogens is 3. The number of hydrogen-bond donors (Lipinski definition) is 22. The van der Waals surface area contributed by atoms with E-state index in [1.54, 1.807) is 45.0 Å². The average Bonchev–Trinajstić information content (AvgIpc) is 0.765. The number of nitrogens with two attached hydrogens (primary N) is 3. The summed E-state index contributed by atoms with van der Waals surface area (Å²) in [6.07, 6.45) is -26.1. The first kappa shape index (κ1) is 97.9. The zero-order valence-corrected chi connectivity index (χ0v) is 72.8. The van der Waals surface area contributed by atoms with Gasteiger partial charge in [0.15, 0.2) is 42.3 Å². The molecule has 698 valence electrons. The van der Waals surface area contributed by atoms with E-state index in [0.29, 0.717) is 10.6 Å². The first-order valence-corrected chi connectivity index (χ1v) is 42.4. The Bertz CT molecular complexity index is 5390. The van der Waals surface area contributed by atoms with Crippen LogP contribution in [-0.4, -0.2) is 231 Å². The van der Waals surface area contributed by atoms with Gasteiger partial charge in [0.25, 0.3) is 0 Å². The highest BCUT2D eigenvalue weighted by molar-refractivity contribution is 6.32. The van der Waals surface area contributed by atoms with Crippen molar-refractivity contribution in [2.24, 2.45) is 23.1 Å². The van der Waals surface area contributed by atoms with Gasteiger partial charge in [0, 0.05) is 58.2 Å². The molecule has 18 unspecified atom stereocenters. The summed E-state index contributed by atoms with van der Waals surface area (Å²) in [7, 11) is 0. The van der Waals surface area contributed by atoms with Gasteiger partial charge in [-0.1, -0.05) is 110 Å². The van der Waals surface area contributed by atoms with Gasteiger partial charge in [-0.25, -0.2) is 9.59 Å². The predicted molar refractivity (Wildman–Crippen MR) is 460 cm³/mol. The Morgan fingerprint density at radius 2 is 1.31 bits per heavy atom. The van der Waals surface area contributed by atoms with Crippen LogP contribution in [0.5, 0.6) is 46.0 Å². The van der Waals surface area contributed by atoms with Gasteiger partial charge in [0.2, 0.25) is 53.4 Å². The summed E-state index contributed by atoms with van der Waals surface area (Å²) >= 11 is 20.6. The molecule has 0 aromatic heterocycles. The van der Waals surface area contributed by atoms with Crippen LogP contribution >= 0.6 is 34.8 Å². The van der Waals surface area contributed by atoms with E-state index < -0.39 is 303 Å². The molecule has 14 rings (SSSR count). The number of aromatic hydroxyl groups is 3. The molecule has 11 bridgehead atoms. The standard InChI is InChI=1S/C88H101Cl3N10O29/c1-7-61(106)87(5,94)31-63(108)128-74-43-16-21-56(50(91)25-43)126-58-27-44-26-57(75(58)130-86-76(73(111)72(110)60(34-102)127-86)129-64-32-88(6,77(112)37(4)124-64)95-33-59(84(119)120)123-35-38-8-10-39(11-9-38)40-12-17-45(89)18-13-40)125-55-20-15-42(24-49(55)90)71(109)69(100-78(113)51(92)22-36(2)3)82(117)96-52(30-62(93)107)79(114)97-67(44)81(116)98-66-41-14-19-53(104)47(23-41)65-48(28-46(103)29-54(65)105)68(85(121)122)99-83(118)70(74)101-80(66)115/h8-21,23-29,36-37,51-52,59-61,63-64,66-74,76-77,86,95,102-106,108-112H,7,22,30-35,92,94H2,1-6H3,(H2,93,107)(H,96,117)(H,97,114)(H,98,116)(H,99,118)(H,100,113)(H,101,115)(H,119,120)(H,121,122)/t37?,51-,52?,59?,60?,61?,63?,64?,66?,67?,68?,69+,70+,71?,72?,73?,74-,76?,77?,86?,87?,88?/m1/s1. The highest BCUT2D eigenvalue weighted by Crippen LogP contribution is 2.51. The third-order valence-electron chi connectivity index (χ3n) is 23.0. The monoisotopic (exact) mass is 1870 g/mol. The number of aliphatic hydroxyl groups is 7. The minimum Gasteiger partial charge on any atom is -0.508 e. The largest absolute Gasteiger partial charge is 0.508 e. The minimum atomic E-state index is -2.47. The van der Waals surface area contributed by atoms with Crippen LogP contribution < -0.4 is 68.6 Å². The van der Waals surface area contributed by atoms with Gasteiger partial charge in [0.05, 0.1) is 54.0 Å². The summed E-state index contributed by atoms with van der Waals surface area (Å²) in [5.41, 5.74) is 14.5. The van der Waals surface area contributed by atoms with Gasteiger partial charge in [-0.15, -0.1) is 0 Å². The molecule has 7 heterocycles. The highest BCUT2D eigenvalue weighted by atomic mass is 35.5. The number of carbonyl (C=O) groups excluding carboxylic acids is 7. The predicted octanol–water partition coefficient (Wildman–Crippen LogP) is 3.69. The Morgan fingerprint density at radius 3 is 1.92 bits per heavy atom. The fourth-order valence-corrected chi connectivity index (χ4v) is 16.5. The molecule has 42 heteroatoms. The molecule has 0 aliphatic carbocycles. The summed E-state index contributed by atoms with van der Waals surface area (Å²) < 4.78 is 51.8. The number of ether oxygens (including phenoxy) is 8. The number of fused-ring (bicyclic) bond motifs is 15. The van der Waals surface area contributed by atoms with Crippen LogP contribution in [0.2, 0.25) is 15.1 Å². The van der Waals surface area contributed by atoms with Crippen LogP contribution in [0.15, 0.2) is 127 Å². The number of carbonyl (C=O) groups is 9. The molecule has 0 spiro atoms. The van der Waals surface area contributed by atoms with E-state index in [4.69, 9.17) is 89.9 Å². The third-order valence-corrected chi connectivity index (χ3v) is 23.9. The Labute approximate surface area is 757 Å². The van der Waals surface area contributed by atoms with Crippen LogP contribution in [0, 0.1) is 5.92 Å². The quantitative estimate of drug-likeness (QED) is 0.0344. The van der Waals surface area contributed by atoms with Crippen molar-refractivity contribution >= 4 is 88.1 Å². The highest BCUT2D eigenvalue weighted by Gasteiger charge is 2.53. The van der Waals surface area contributed by atoms with Crippen LogP contribution in [-0.2, 0) is 73.4 Å². The topological polar surface area (TPSA) is 632 Å². The van der Waals surface area contributed by atoms with Crippen molar-refractivity contribution in [1.82, 2.24) is 37.2 Å². The van der Waals surface area contributed by atoms with E-state index in [-0.39, 0.29) is 36.5 Å². The van der Waals surface area contributed by atoms with Crippen molar-refractivity contribution in [3.63, 3.8) is 0 Å². The molecule has 0 radical (unpaired) electrons. The van der Waals surface area contributed by atoms with Gasteiger partial charge >= 0.3 is 11.9 Å². The van der Waals surface area contributed by atoms with Crippen LogP contribution in [0.1, 0.15) is 137 Å². The lowest BCUT2D eigenvalue weighted by Crippen LogP contribution is -2.66. The van der Waals surface area contributed by atoms with Crippen molar-refractivity contribution in [3.05, 3.63) is 176 Å². The maximum Gasteiger partial charge on any atom is 0.334 e. The average molecular weight is 1870 g/mol. The number of phenolic OH excluding ortho intramolecular Hbond substituents is 3. The molecular formula is C88H101Cl3N10O29. The Kier molecular flexibility index (Phi) is 30.9. The second-order valence-corrected chi connectivity index (χ2v) is 34.6. The maximum absolute atomic E-state index is 16.5. The molecule has 7 aromatic rings. The Balaban J connectivity index is 1.04. The van der Waals surface area contributed by atoms with E-state index in [2.05, 4.69) is 37.2 Å². The molecule has 0 saturated carbocycles. The van der Waals surface area contributed by atoms with Gasteiger partial charge in [-0.05, 0) is 145 Å². The SMILES string of the molecule is CCC(O)C(C)(N)CC(O)O[C@@H]1c2ccc(c(Cl)c2)Oc2cc3cc(c2OC2OC(CO)C(O)C(O)C2OC2CC(C)(NCC(OCc4ccc(-c5ccc(Cl)cc5)cc4)C(=O)O)C(O)C(C)O2)Oc2ccc(cc2Cl)C(O)[C@H](NC(=O)[C@H](N)CC(C)C)C(=O)NC(CC(N)=O)C(=O)NC3C(=O)NC2C(=O)N[C@@H]1C(=O)NC(C(=O)O)c1cc(O)cc(O)c1-c1cc2ccc1O. The number of hydrogen-bond acceptors (Lipinski definition) is 30. The van der Waals surface area contributed by atoms with Gasteiger partial charge in [-0.2, -0.15) is 0 Å². The van der Waals surface area contributed by atoms with Gasteiger partial charge in [0.1, 0.15) is 89.5 Å². The lowest BCUT2D eigenvalue weighted by Gasteiger charge is -2.48. The molecule has 2 fully saturated rings. The summed E-state index contributed by atoms with van der Waals surface area (Å²) in [5.74, 6) is -18.8. The minimum absolute atomic E-state index is 0.0215. The molecule has 25 N–H and O–H groups in total. The first-order valence-electron chi connectivity index (χ1n) is 41.2. The number of primary amides is 1. The number of nitrogens with one attached hydrogen (secondary N) is 7.